The van der Waals surface area contributed by atoms with Crippen LogP contribution in [0, 0.1) is 0 Å². The Bertz CT molecular complexity index is 744. The molecule has 2 aromatic rings. The van der Waals surface area contributed by atoms with Crippen LogP contribution in [-0.2, 0) is 10.0 Å². The Labute approximate surface area is 150 Å². The summed E-state index contributed by atoms with van der Waals surface area (Å²) in [7, 11) is -2.31. The molecule has 2 aromatic carbocycles. The van der Waals surface area contributed by atoms with E-state index in [1.807, 2.05) is 0 Å². The molecule has 124 valence electrons. The van der Waals surface area contributed by atoms with Crippen LogP contribution < -0.4 is 9.46 Å². The van der Waals surface area contributed by atoms with Crippen LogP contribution in [-0.4, -0.2) is 19.3 Å². The van der Waals surface area contributed by atoms with Crippen molar-refractivity contribution in [3.05, 3.63) is 60.2 Å². The van der Waals surface area contributed by atoms with E-state index < -0.39 is 19.9 Å². The van der Waals surface area contributed by atoms with E-state index in [2.05, 4.69) is 4.72 Å². The lowest BCUT2D eigenvalue weighted by Crippen LogP contribution is -2.36. The van der Waals surface area contributed by atoms with Gasteiger partial charge in [0.05, 0.1) is 18.0 Å². The third-order valence-corrected chi connectivity index (χ3v) is 5.20. The van der Waals surface area contributed by atoms with Crippen LogP contribution >= 0.6 is 34.8 Å². The monoisotopic (exact) mass is 393 g/mol. The van der Waals surface area contributed by atoms with Gasteiger partial charge in [-0.05, 0) is 29.8 Å². The average molecular weight is 395 g/mol. The minimum absolute atomic E-state index is 0.0905. The van der Waals surface area contributed by atoms with Gasteiger partial charge < -0.3 is 4.74 Å². The van der Waals surface area contributed by atoms with E-state index in [1.165, 1.54) is 19.2 Å². The highest BCUT2D eigenvalue weighted by Crippen LogP contribution is 2.41. The van der Waals surface area contributed by atoms with E-state index in [0.717, 1.165) is 0 Å². The molecular weight excluding hydrogens is 381 g/mol. The molecule has 0 aliphatic rings. The molecular formula is C15H14Cl3NO3S. The Kier molecular flexibility index (Phi) is 5.81. The zero-order chi connectivity index (χ0) is 17.1. The maximum absolute atomic E-state index is 12.5. The highest BCUT2D eigenvalue weighted by Gasteiger charge is 2.37. The van der Waals surface area contributed by atoms with Crippen LogP contribution in [0.4, 0.5) is 0 Å². The summed E-state index contributed by atoms with van der Waals surface area (Å²) in [5.74, 6) is 0.614. The number of nitrogens with one attached hydrogen (secondary N) is 1. The number of rotatable bonds is 5. The van der Waals surface area contributed by atoms with Gasteiger partial charge in [-0.1, -0.05) is 65.1 Å². The van der Waals surface area contributed by atoms with Gasteiger partial charge in [0, 0.05) is 0 Å². The second kappa shape index (κ2) is 7.28. The maximum atomic E-state index is 12.5. The molecule has 0 saturated heterocycles. The molecule has 2 rings (SSSR count). The van der Waals surface area contributed by atoms with Gasteiger partial charge in [-0.25, -0.2) is 8.42 Å². The molecule has 0 saturated carbocycles. The van der Waals surface area contributed by atoms with Gasteiger partial charge in [-0.3, -0.25) is 0 Å². The first-order valence-corrected chi connectivity index (χ1v) is 9.14. The Morgan fingerprint density at radius 1 is 1.00 bits per heavy atom. The zero-order valence-electron chi connectivity index (χ0n) is 12.0. The van der Waals surface area contributed by atoms with Crippen LogP contribution in [0.15, 0.2) is 59.5 Å². The van der Waals surface area contributed by atoms with E-state index in [1.54, 1.807) is 42.5 Å². The first-order valence-electron chi connectivity index (χ1n) is 6.52. The molecule has 1 atom stereocenters. The fraction of sp³-hybridized carbons (Fsp3) is 0.200. The minimum Gasteiger partial charge on any atom is -0.497 e. The van der Waals surface area contributed by atoms with Crippen LogP contribution in [0.2, 0.25) is 0 Å². The van der Waals surface area contributed by atoms with E-state index >= 15 is 0 Å². The average Bonchev–Trinajstić information content (AvgIpc) is 2.53. The second-order valence-corrected chi connectivity index (χ2v) is 8.77. The molecule has 0 bridgehead atoms. The predicted octanol–water partition coefficient (Wildman–Crippen LogP) is 4.09. The molecule has 0 aliphatic carbocycles. The van der Waals surface area contributed by atoms with Crippen LogP contribution in [0.3, 0.4) is 0 Å². The quantitative estimate of drug-likeness (QED) is 0.777. The number of hydrogen-bond donors (Lipinski definition) is 1. The minimum atomic E-state index is -3.84. The Balaban J connectivity index is 2.36. The van der Waals surface area contributed by atoms with Crippen LogP contribution in [0.1, 0.15) is 11.6 Å². The standard InChI is InChI=1S/C15H14Cl3NO3S/c1-22-12-9-7-11(8-10-12)14(15(16,17)18)19-23(20,21)13-5-3-2-4-6-13/h2-10,14,19H,1H3. The van der Waals surface area contributed by atoms with Crippen LogP contribution in [0.5, 0.6) is 5.75 Å². The number of halogens is 3. The molecule has 0 aliphatic heterocycles. The van der Waals surface area contributed by atoms with Gasteiger partial charge in [0.2, 0.25) is 13.8 Å². The molecule has 1 unspecified atom stereocenters. The van der Waals surface area contributed by atoms with Crippen molar-refractivity contribution in [3.63, 3.8) is 0 Å². The molecule has 1 N–H and O–H groups in total. The largest absolute Gasteiger partial charge is 0.497 e. The molecule has 4 nitrogen and oxygen atoms in total. The molecule has 0 fully saturated rings. The van der Waals surface area contributed by atoms with Crippen molar-refractivity contribution in [1.82, 2.24) is 4.72 Å². The molecule has 0 amide bonds. The Hall–Kier alpha value is -0.980. The number of ether oxygens (including phenoxy) is 1. The fourth-order valence-corrected chi connectivity index (χ4v) is 3.95. The molecule has 0 aromatic heterocycles. The topological polar surface area (TPSA) is 55.4 Å². The SMILES string of the molecule is COc1ccc(C(NS(=O)(=O)c2ccccc2)C(Cl)(Cl)Cl)cc1. The summed E-state index contributed by atoms with van der Waals surface area (Å²) in [6, 6.07) is 13.4. The predicted molar refractivity (Wildman–Crippen MR) is 92.8 cm³/mol. The Morgan fingerprint density at radius 3 is 2.04 bits per heavy atom. The first kappa shape index (κ1) is 18.4. The smallest absolute Gasteiger partial charge is 0.241 e. The summed E-state index contributed by atoms with van der Waals surface area (Å²) in [6.45, 7) is 0. The lowest BCUT2D eigenvalue weighted by molar-refractivity contribution is 0.414. The van der Waals surface area contributed by atoms with Crippen molar-refractivity contribution in [1.29, 1.82) is 0 Å². The Morgan fingerprint density at radius 2 is 1.57 bits per heavy atom. The van der Waals surface area contributed by atoms with Crippen molar-refractivity contribution < 1.29 is 13.2 Å². The van der Waals surface area contributed by atoms with E-state index in [-0.39, 0.29) is 4.90 Å². The number of sulfonamides is 1. The number of benzene rings is 2. The third kappa shape index (κ3) is 4.75. The lowest BCUT2D eigenvalue weighted by atomic mass is 10.1. The van der Waals surface area contributed by atoms with Crippen molar-refractivity contribution in [2.45, 2.75) is 14.7 Å². The lowest BCUT2D eigenvalue weighted by Gasteiger charge is -2.26. The van der Waals surface area contributed by atoms with Gasteiger partial charge >= 0.3 is 0 Å². The van der Waals surface area contributed by atoms with Crippen molar-refractivity contribution in [3.8, 4) is 5.75 Å². The summed E-state index contributed by atoms with van der Waals surface area (Å²) in [4.78, 5) is 0.0905. The molecule has 23 heavy (non-hydrogen) atoms. The van der Waals surface area contributed by atoms with Gasteiger partial charge in [0.15, 0.2) is 0 Å². The van der Waals surface area contributed by atoms with E-state index in [0.29, 0.717) is 11.3 Å². The van der Waals surface area contributed by atoms with Crippen LogP contribution in [0.25, 0.3) is 0 Å². The van der Waals surface area contributed by atoms with Gasteiger partial charge in [-0.15, -0.1) is 0 Å². The highest BCUT2D eigenvalue weighted by molar-refractivity contribution is 7.89. The third-order valence-electron chi connectivity index (χ3n) is 3.10. The summed E-state index contributed by atoms with van der Waals surface area (Å²) >= 11 is 17.9. The van der Waals surface area contributed by atoms with Crippen molar-refractivity contribution in [2.75, 3.05) is 7.11 Å². The second-order valence-electron chi connectivity index (χ2n) is 4.68. The summed E-state index contributed by atoms with van der Waals surface area (Å²) in [5.41, 5.74) is 0.505. The summed E-state index contributed by atoms with van der Waals surface area (Å²) in [6.07, 6.45) is 0. The van der Waals surface area contributed by atoms with Gasteiger partial charge in [0.1, 0.15) is 5.75 Å². The van der Waals surface area contributed by atoms with E-state index in [4.69, 9.17) is 39.5 Å². The van der Waals surface area contributed by atoms with Crippen molar-refractivity contribution >= 4 is 44.8 Å². The highest BCUT2D eigenvalue weighted by atomic mass is 35.6. The number of hydrogen-bond acceptors (Lipinski definition) is 3. The fourth-order valence-electron chi connectivity index (χ4n) is 1.94. The summed E-state index contributed by atoms with van der Waals surface area (Å²) in [5, 5.41) is 0. The first-order chi connectivity index (χ1) is 10.7. The van der Waals surface area contributed by atoms with Gasteiger partial charge in [0.25, 0.3) is 0 Å². The molecule has 0 heterocycles. The molecule has 0 radical (unpaired) electrons. The van der Waals surface area contributed by atoms with E-state index in [9.17, 15) is 8.42 Å². The normalized spacial score (nSPS) is 13.6. The number of alkyl halides is 3. The van der Waals surface area contributed by atoms with Crippen molar-refractivity contribution in [2.24, 2.45) is 0 Å². The molecule has 8 heteroatoms. The van der Waals surface area contributed by atoms with Gasteiger partial charge in [-0.2, -0.15) is 4.72 Å². The molecule has 0 spiro atoms. The number of methoxy groups -OCH3 is 1. The summed E-state index contributed by atoms with van der Waals surface area (Å²) < 4.78 is 30.6. The maximum Gasteiger partial charge on any atom is 0.241 e. The zero-order valence-corrected chi connectivity index (χ0v) is 15.1.